The summed E-state index contributed by atoms with van der Waals surface area (Å²) in [5.74, 6) is -0.235. The summed E-state index contributed by atoms with van der Waals surface area (Å²) >= 11 is 0. The topological polar surface area (TPSA) is 149 Å². The minimum absolute atomic E-state index is 0.217. The van der Waals surface area contributed by atoms with Crippen molar-refractivity contribution in [1.82, 2.24) is 5.32 Å². The van der Waals surface area contributed by atoms with Gasteiger partial charge in [0.05, 0.1) is 25.4 Å². The van der Waals surface area contributed by atoms with Crippen molar-refractivity contribution in [1.29, 1.82) is 0 Å². The Bertz CT molecular complexity index is 1500. The lowest BCUT2D eigenvalue weighted by Gasteiger charge is -2.40. The van der Waals surface area contributed by atoms with E-state index in [0.29, 0.717) is 6.42 Å². The molecule has 1 aliphatic heterocycles. The van der Waals surface area contributed by atoms with E-state index < -0.39 is 49.5 Å². The maximum absolute atomic E-state index is 13.0. The third-order valence-electron chi connectivity index (χ3n) is 14.2. The lowest BCUT2D eigenvalue weighted by Crippen LogP contribution is -2.60. The molecule has 1 amide bonds. The molecule has 0 radical (unpaired) electrons. The molecular weight excluding hydrogens is 935 g/mol. The first-order valence-corrected chi connectivity index (χ1v) is 31.0. The summed E-state index contributed by atoms with van der Waals surface area (Å²) in [6, 6.07) is -0.844. The number of hydrogen-bond acceptors (Lipinski definition) is 8. The van der Waals surface area contributed by atoms with Crippen LogP contribution in [-0.2, 0) is 14.3 Å². The minimum Gasteiger partial charge on any atom is -0.394 e. The monoisotopic (exact) mass is 1050 g/mol. The number of carbonyl (C=O) groups excluding carboxylic acids is 1. The zero-order chi connectivity index (χ0) is 54.3. The van der Waals surface area contributed by atoms with E-state index in [4.69, 9.17) is 9.47 Å². The molecule has 7 atom stereocenters. The lowest BCUT2D eigenvalue weighted by atomic mass is 9.99. The second-order valence-corrected chi connectivity index (χ2v) is 21.1. The van der Waals surface area contributed by atoms with Crippen LogP contribution < -0.4 is 5.32 Å². The van der Waals surface area contributed by atoms with Gasteiger partial charge in [0.15, 0.2) is 6.29 Å². The molecule has 0 aliphatic carbocycles. The average molecular weight is 1050 g/mol. The molecule has 1 aliphatic rings. The molecule has 9 nitrogen and oxygen atoms in total. The Morgan fingerprint density at radius 3 is 1.21 bits per heavy atom. The van der Waals surface area contributed by atoms with Crippen molar-refractivity contribution in [3.8, 4) is 0 Å². The largest absolute Gasteiger partial charge is 0.394 e. The van der Waals surface area contributed by atoms with E-state index in [2.05, 4.69) is 104 Å². The van der Waals surface area contributed by atoms with Crippen LogP contribution in [0.1, 0.15) is 258 Å². The van der Waals surface area contributed by atoms with Gasteiger partial charge in [0.2, 0.25) is 5.91 Å². The minimum atomic E-state index is -1.58. The maximum atomic E-state index is 13.0. The Morgan fingerprint density at radius 2 is 0.827 bits per heavy atom. The predicted molar refractivity (Wildman–Crippen MR) is 318 cm³/mol. The highest BCUT2D eigenvalue weighted by atomic mass is 16.7. The summed E-state index contributed by atoms with van der Waals surface area (Å²) in [6.07, 6.45) is 72.1. The quantitative estimate of drug-likeness (QED) is 0.0261. The maximum Gasteiger partial charge on any atom is 0.220 e. The van der Waals surface area contributed by atoms with Gasteiger partial charge < -0.3 is 40.3 Å². The third-order valence-corrected chi connectivity index (χ3v) is 14.2. The number of carbonyl (C=O) groups is 1. The van der Waals surface area contributed by atoms with Crippen molar-refractivity contribution in [2.45, 2.75) is 301 Å². The van der Waals surface area contributed by atoms with E-state index in [1.54, 1.807) is 6.08 Å². The number of ether oxygens (including phenoxy) is 2. The zero-order valence-corrected chi connectivity index (χ0v) is 48.0. The fourth-order valence-corrected chi connectivity index (χ4v) is 9.32. The molecular formula is C66H115NO8. The molecule has 7 unspecified atom stereocenters. The standard InChI is InChI=1S/C66H115NO8/c1-3-5-7-9-11-13-15-17-19-21-23-25-27-28-29-30-31-32-34-35-37-39-41-43-45-47-49-51-53-55-60(69)59(58-74-66-65(73)64(72)63(71)61(57-68)75-66)67-62(70)56-54-52-50-48-46-44-42-40-38-36-33-26-24-22-20-18-16-14-12-10-8-6-4-2/h6,8,12,14,18,20,24,26,36,38,42,44,48,50,53,55,59-61,63-66,68-69,71-73H,3-5,7,9-11,13,15-17,19,21-23,25,27-35,37,39-41,43,45-47,49,51-52,54,56-58H2,1-2H3,(H,67,70)/b8-6-,14-12-,20-18-,26-24-,38-36-,44-42-,50-48-,55-53+. The Morgan fingerprint density at radius 1 is 0.467 bits per heavy atom. The fraction of sp³-hybridized carbons (Fsp3) is 0.742. The second kappa shape index (κ2) is 54.5. The van der Waals surface area contributed by atoms with E-state index >= 15 is 0 Å². The van der Waals surface area contributed by atoms with Crippen LogP contribution in [0.2, 0.25) is 0 Å². The van der Waals surface area contributed by atoms with Crippen molar-refractivity contribution in [2.24, 2.45) is 0 Å². The molecule has 6 N–H and O–H groups in total. The van der Waals surface area contributed by atoms with Gasteiger partial charge in [0.1, 0.15) is 24.4 Å². The highest BCUT2D eigenvalue weighted by molar-refractivity contribution is 5.76. The smallest absolute Gasteiger partial charge is 0.220 e. The first-order chi connectivity index (χ1) is 36.8. The molecule has 1 saturated heterocycles. The molecule has 0 aromatic rings. The van der Waals surface area contributed by atoms with Gasteiger partial charge in [0.25, 0.3) is 0 Å². The van der Waals surface area contributed by atoms with Crippen LogP contribution >= 0.6 is 0 Å². The van der Waals surface area contributed by atoms with E-state index in [0.717, 1.165) is 70.6 Å². The van der Waals surface area contributed by atoms with Crippen LogP contribution in [0.15, 0.2) is 97.2 Å². The third kappa shape index (κ3) is 43.7. The Balaban J connectivity index is 2.24. The SMILES string of the molecule is CC/C=C\C/C=C\C/C=C\C/C=C\C/C=C\C/C=C\C/C=C\CCCC(=O)NC(COC1OC(CO)C(O)C(O)C1O)C(O)/C=C/CCCCCCCCCCCCCCCCCCCCCCCCCCCCC. The highest BCUT2D eigenvalue weighted by Crippen LogP contribution is 2.23. The molecule has 0 spiro atoms. The zero-order valence-electron chi connectivity index (χ0n) is 48.0. The molecule has 1 rings (SSSR count). The molecule has 1 heterocycles. The van der Waals surface area contributed by atoms with Gasteiger partial charge in [-0.05, 0) is 70.6 Å². The van der Waals surface area contributed by atoms with Crippen LogP contribution in [-0.4, -0.2) is 87.5 Å². The summed E-state index contributed by atoms with van der Waals surface area (Å²) in [7, 11) is 0. The van der Waals surface area contributed by atoms with Gasteiger partial charge in [-0.25, -0.2) is 0 Å². The number of hydrogen-bond donors (Lipinski definition) is 6. The van der Waals surface area contributed by atoms with Gasteiger partial charge in [-0.1, -0.05) is 278 Å². The number of nitrogens with one attached hydrogen (secondary N) is 1. The Kier molecular flexibility index (Phi) is 50.9. The van der Waals surface area contributed by atoms with E-state index in [-0.39, 0.29) is 18.9 Å². The summed E-state index contributed by atoms with van der Waals surface area (Å²) in [5, 5.41) is 54.6. The van der Waals surface area contributed by atoms with Crippen LogP contribution in [0.4, 0.5) is 0 Å². The molecule has 432 valence electrons. The van der Waals surface area contributed by atoms with Gasteiger partial charge in [-0.3, -0.25) is 4.79 Å². The van der Waals surface area contributed by atoms with Crippen molar-refractivity contribution in [3.05, 3.63) is 97.2 Å². The van der Waals surface area contributed by atoms with Crippen LogP contribution in [0.5, 0.6) is 0 Å². The second-order valence-electron chi connectivity index (χ2n) is 21.1. The van der Waals surface area contributed by atoms with E-state index in [9.17, 15) is 30.3 Å². The normalized spacial score (nSPS) is 19.6. The Hall–Kier alpha value is -2.89. The molecule has 9 heteroatoms. The molecule has 0 aromatic heterocycles. The van der Waals surface area contributed by atoms with Crippen molar-refractivity contribution >= 4 is 5.91 Å². The molecule has 0 saturated carbocycles. The number of amides is 1. The van der Waals surface area contributed by atoms with E-state index in [1.807, 2.05) is 6.08 Å². The van der Waals surface area contributed by atoms with Crippen molar-refractivity contribution < 1.29 is 39.8 Å². The molecule has 1 fully saturated rings. The van der Waals surface area contributed by atoms with Crippen molar-refractivity contribution in [2.75, 3.05) is 13.2 Å². The van der Waals surface area contributed by atoms with Gasteiger partial charge in [0, 0.05) is 6.42 Å². The number of aliphatic hydroxyl groups is 5. The summed E-state index contributed by atoms with van der Waals surface area (Å²) < 4.78 is 11.3. The van der Waals surface area contributed by atoms with Gasteiger partial charge >= 0.3 is 0 Å². The summed E-state index contributed by atoms with van der Waals surface area (Å²) in [5.41, 5.74) is 0. The molecule has 0 bridgehead atoms. The van der Waals surface area contributed by atoms with Crippen LogP contribution in [0, 0.1) is 0 Å². The number of rotatable bonds is 52. The predicted octanol–water partition coefficient (Wildman–Crippen LogP) is 16.0. The van der Waals surface area contributed by atoms with Crippen molar-refractivity contribution in [3.63, 3.8) is 0 Å². The summed E-state index contributed by atoms with van der Waals surface area (Å²) in [4.78, 5) is 13.0. The number of allylic oxidation sites excluding steroid dienone is 15. The van der Waals surface area contributed by atoms with E-state index in [1.165, 1.54) is 161 Å². The first-order valence-electron chi connectivity index (χ1n) is 31.0. The highest BCUT2D eigenvalue weighted by Gasteiger charge is 2.44. The van der Waals surface area contributed by atoms with Gasteiger partial charge in [-0.15, -0.1) is 0 Å². The van der Waals surface area contributed by atoms with Crippen LogP contribution in [0.25, 0.3) is 0 Å². The van der Waals surface area contributed by atoms with Gasteiger partial charge in [-0.2, -0.15) is 0 Å². The number of unbranched alkanes of at least 4 members (excludes halogenated alkanes) is 28. The molecule has 0 aromatic carbocycles. The average Bonchev–Trinajstić information content (AvgIpc) is 3.41. The summed E-state index contributed by atoms with van der Waals surface area (Å²) in [6.45, 7) is 3.65. The first kappa shape index (κ1) is 70.1. The van der Waals surface area contributed by atoms with Crippen LogP contribution in [0.3, 0.4) is 0 Å². The lowest BCUT2D eigenvalue weighted by molar-refractivity contribution is -0.302. The Labute approximate surface area is 460 Å². The fourth-order valence-electron chi connectivity index (χ4n) is 9.32. The molecule has 75 heavy (non-hydrogen) atoms. The number of aliphatic hydroxyl groups excluding tert-OH is 5.